The Morgan fingerprint density at radius 2 is 1.91 bits per heavy atom. The molecule has 0 aromatic heterocycles. The van der Waals surface area contributed by atoms with Crippen molar-refractivity contribution in [3.8, 4) is 0 Å². The average Bonchev–Trinajstić information content (AvgIpc) is 1.83. The van der Waals surface area contributed by atoms with E-state index in [9.17, 15) is 4.57 Å². The third-order valence-corrected chi connectivity index (χ3v) is 5.07. The standard InChI is InChI=1S/C4H8Cl3O3P/c1-2-3(5)4(6,7)11(8,9)10/h3H,2H2,1H3,(H2,8,9,10). The van der Waals surface area contributed by atoms with Gasteiger partial charge in [0.2, 0.25) is 4.07 Å². The Bertz CT molecular complexity index is 177. The summed E-state index contributed by atoms with van der Waals surface area (Å²) in [7, 11) is -4.54. The molecule has 0 aliphatic rings. The van der Waals surface area contributed by atoms with Crippen LogP contribution in [0.1, 0.15) is 13.3 Å². The van der Waals surface area contributed by atoms with Gasteiger partial charge in [0.25, 0.3) is 0 Å². The van der Waals surface area contributed by atoms with Crippen LogP contribution < -0.4 is 0 Å². The smallest absolute Gasteiger partial charge is 0.322 e. The van der Waals surface area contributed by atoms with Gasteiger partial charge in [0, 0.05) is 0 Å². The Hall–Kier alpha value is 1.02. The molecule has 0 bridgehead atoms. The molecule has 0 aromatic carbocycles. The van der Waals surface area contributed by atoms with Crippen molar-refractivity contribution in [2.45, 2.75) is 22.8 Å². The fourth-order valence-electron chi connectivity index (χ4n) is 0.428. The van der Waals surface area contributed by atoms with Crippen LogP contribution in [0.25, 0.3) is 0 Å². The van der Waals surface area contributed by atoms with Gasteiger partial charge in [-0.25, -0.2) is 0 Å². The molecule has 0 saturated carbocycles. The minimum Gasteiger partial charge on any atom is -0.322 e. The summed E-state index contributed by atoms with van der Waals surface area (Å²) in [6, 6.07) is 0. The topological polar surface area (TPSA) is 57.5 Å². The highest BCUT2D eigenvalue weighted by Gasteiger charge is 2.48. The van der Waals surface area contributed by atoms with E-state index >= 15 is 0 Å². The van der Waals surface area contributed by atoms with E-state index < -0.39 is 17.0 Å². The summed E-state index contributed by atoms with van der Waals surface area (Å²) in [5.74, 6) is 0. The van der Waals surface area contributed by atoms with Crippen molar-refractivity contribution in [1.29, 1.82) is 0 Å². The SMILES string of the molecule is CCC(Cl)C(Cl)(Cl)P(=O)(O)O. The van der Waals surface area contributed by atoms with Crippen LogP contribution >= 0.6 is 42.4 Å². The number of alkyl halides is 3. The molecule has 0 aliphatic carbocycles. The summed E-state index contributed by atoms with van der Waals surface area (Å²) < 4.78 is 8.42. The van der Waals surface area contributed by atoms with Gasteiger partial charge in [-0.1, -0.05) is 30.1 Å². The summed E-state index contributed by atoms with van der Waals surface area (Å²) in [5, 5.41) is -0.952. The quantitative estimate of drug-likeness (QED) is 0.589. The third kappa shape index (κ3) is 2.76. The van der Waals surface area contributed by atoms with Crippen molar-refractivity contribution in [2.75, 3.05) is 0 Å². The van der Waals surface area contributed by atoms with E-state index in [2.05, 4.69) is 0 Å². The predicted octanol–water partition coefficient (Wildman–Crippen LogP) is 2.31. The Morgan fingerprint density at radius 3 is 2.00 bits per heavy atom. The molecule has 2 N–H and O–H groups in total. The largest absolute Gasteiger partial charge is 0.362 e. The second-order valence-electron chi connectivity index (χ2n) is 2.01. The number of hydrogen-bond donors (Lipinski definition) is 2. The predicted molar refractivity (Wildman–Crippen MR) is 46.4 cm³/mol. The molecule has 1 atom stereocenters. The van der Waals surface area contributed by atoms with Crippen molar-refractivity contribution in [2.24, 2.45) is 0 Å². The first-order chi connectivity index (χ1) is 4.73. The van der Waals surface area contributed by atoms with Gasteiger partial charge in [-0.2, -0.15) is 0 Å². The van der Waals surface area contributed by atoms with Gasteiger partial charge in [0.15, 0.2) is 0 Å². The molecular formula is C4H8Cl3O3P. The van der Waals surface area contributed by atoms with E-state index in [4.69, 9.17) is 44.6 Å². The lowest BCUT2D eigenvalue weighted by molar-refractivity contribution is 0.361. The van der Waals surface area contributed by atoms with Crippen molar-refractivity contribution in [3.05, 3.63) is 0 Å². The van der Waals surface area contributed by atoms with E-state index in [1.807, 2.05) is 0 Å². The Labute approximate surface area is 79.8 Å². The van der Waals surface area contributed by atoms with Gasteiger partial charge in [0.05, 0.1) is 5.38 Å². The van der Waals surface area contributed by atoms with Gasteiger partial charge in [-0.3, -0.25) is 4.57 Å². The van der Waals surface area contributed by atoms with E-state index in [0.717, 1.165) is 0 Å². The van der Waals surface area contributed by atoms with Crippen LogP contribution in [0.3, 0.4) is 0 Å². The first kappa shape index (κ1) is 12.0. The van der Waals surface area contributed by atoms with Crippen LogP contribution in [0.2, 0.25) is 0 Å². The zero-order chi connectivity index (χ0) is 9.28. The zero-order valence-electron chi connectivity index (χ0n) is 5.67. The average molecular weight is 241 g/mol. The highest BCUT2D eigenvalue weighted by atomic mass is 35.5. The first-order valence-electron chi connectivity index (χ1n) is 2.81. The second-order valence-corrected chi connectivity index (χ2v) is 6.24. The van der Waals surface area contributed by atoms with Gasteiger partial charge in [0.1, 0.15) is 0 Å². The minimum atomic E-state index is -4.54. The lowest BCUT2D eigenvalue weighted by atomic mass is 10.4. The summed E-state index contributed by atoms with van der Waals surface area (Å²) >= 11 is 16.2. The van der Waals surface area contributed by atoms with Crippen LogP contribution in [0.4, 0.5) is 0 Å². The zero-order valence-corrected chi connectivity index (χ0v) is 8.83. The van der Waals surface area contributed by atoms with E-state index in [1.54, 1.807) is 6.92 Å². The van der Waals surface area contributed by atoms with Gasteiger partial charge in [-0.05, 0) is 6.42 Å². The Balaban J connectivity index is 4.59. The fourth-order valence-corrected chi connectivity index (χ4v) is 1.67. The van der Waals surface area contributed by atoms with Gasteiger partial charge < -0.3 is 9.79 Å². The van der Waals surface area contributed by atoms with Crippen LogP contribution in [-0.4, -0.2) is 19.2 Å². The Kier molecular flexibility index (Phi) is 4.17. The Morgan fingerprint density at radius 1 is 1.55 bits per heavy atom. The van der Waals surface area contributed by atoms with Gasteiger partial charge >= 0.3 is 7.60 Å². The van der Waals surface area contributed by atoms with E-state index in [1.165, 1.54) is 0 Å². The molecule has 0 radical (unpaired) electrons. The molecule has 0 fully saturated rings. The lowest BCUT2D eigenvalue weighted by Crippen LogP contribution is -2.25. The molecule has 0 aromatic rings. The summed E-state index contributed by atoms with van der Waals surface area (Å²) in [6.07, 6.45) is 0.291. The van der Waals surface area contributed by atoms with Crippen LogP contribution in [0, 0.1) is 0 Å². The van der Waals surface area contributed by atoms with Crippen LogP contribution in [0.5, 0.6) is 0 Å². The van der Waals surface area contributed by atoms with E-state index in [0.29, 0.717) is 6.42 Å². The highest BCUT2D eigenvalue weighted by Crippen LogP contribution is 2.59. The summed E-state index contributed by atoms with van der Waals surface area (Å²) in [4.78, 5) is 17.2. The molecule has 0 spiro atoms. The number of rotatable bonds is 3. The maximum absolute atomic E-state index is 10.6. The molecule has 7 heteroatoms. The molecule has 68 valence electrons. The first-order valence-corrected chi connectivity index (χ1v) is 5.61. The molecule has 1 unspecified atom stereocenters. The van der Waals surface area contributed by atoms with Crippen molar-refractivity contribution < 1.29 is 14.4 Å². The van der Waals surface area contributed by atoms with Crippen LogP contribution in [0.15, 0.2) is 0 Å². The molecule has 0 saturated heterocycles. The van der Waals surface area contributed by atoms with Crippen LogP contribution in [-0.2, 0) is 4.57 Å². The normalized spacial score (nSPS) is 16.5. The van der Waals surface area contributed by atoms with E-state index in [-0.39, 0.29) is 0 Å². The molecule has 0 heterocycles. The van der Waals surface area contributed by atoms with Crippen molar-refractivity contribution >= 4 is 42.4 Å². The van der Waals surface area contributed by atoms with Gasteiger partial charge in [-0.15, -0.1) is 11.6 Å². The highest BCUT2D eigenvalue weighted by molar-refractivity contribution is 7.58. The van der Waals surface area contributed by atoms with Crippen molar-refractivity contribution in [1.82, 2.24) is 0 Å². The molecule has 11 heavy (non-hydrogen) atoms. The maximum Gasteiger partial charge on any atom is 0.362 e. The minimum absolute atomic E-state index is 0.291. The molecular weight excluding hydrogens is 233 g/mol. The summed E-state index contributed by atoms with van der Waals surface area (Å²) in [5.41, 5.74) is 0. The summed E-state index contributed by atoms with van der Waals surface area (Å²) in [6.45, 7) is 1.63. The number of hydrogen-bond acceptors (Lipinski definition) is 1. The third-order valence-electron chi connectivity index (χ3n) is 1.12. The monoisotopic (exact) mass is 240 g/mol. The molecule has 3 nitrogen and oxygen atoms in total. The second kappa shape index (κ2) is 3.82. The lowest BCUT2D eigenvalue weighted by Gasteiger charge is -2.24. The molecule has 0 amide bonds. The van der Waals surface area contributed by atoms with Crippen molar-refractivity contribution in [3.63, 3.8) is 0 Å². The molecule has 0 aliphatic heterocycles. The molecule has 0 rings (SSSR count). The number of halogens is 3. The maximum atomic E-state index is 10.6. The fraction of sp³-hybridized carbons (Fsp3) is 1.00.